The van der Waals surface area contributed by atoms with Gasteiger partial charge in [-0.1, -0.05) is 11.6 Å². The number of carbonyl (C=O) groups excluding carboxylic acids is 2. The van der Waals surface area contributed by atoms with E-state index in [0.29, 0.717) is 29.4 Å². The number of imide groups is 1. The molecule has 1 aliphatic carbocycles. The van der Waals surface area contributed by atoms with Gasteiger partial charge in [-0.3, -0.25) is 9.69 Å². The van der Waals surface area contributed by atoms with Crippen LogP contribution in [0.1, 0.15) is 34.4 Å². The molecule has 1 aromatic carbocycles. The second kappa shape index (κ2) is 6.22. The Morgan fingerprint density at radius 1 is 1.33 bits per heavy atom. The maximum atomic E-state index is 13.4. The van der Waals surface area contributed by atoms with E-state index in [4.69, 9.17) is 21.1 Å². The van der Waals surface area contributed by atoms with Crippen LogP contribution in [0.2, 0.25) is 5.02 Å². The number of benzene rings is 1. The molecule has 3 aliphatic rings. The lowest BCUT2D eigenvalue weighted by Gasteiger charge is -2.31. The molecule has 2 aliphatic heterocycles. The minimum Gasteiger partial charge on any atom is -0.467 e. The highest BCUT2D eigenvalue weighted by atomic mass is 35.5. The van der Waals surface area contributed by atoms with E-state index in [1.165, 1.54) is 9.78 Å². The summed E-state index contributed by atoms with van der Waals surface area (Å²) in [4.78, 5) is 28.6. The molecule has 0 saturated carbocycles. The smallest absolute Gasteiger partial charge is 0.325 e. The highest BCUT2D eigenvalue weighted by molar-refractivity contribution is 7.10. The summed E-state index contributed by atoms with van der Waals surface area (Å²) >= 11 is 7.86. The zero-order chi connectivity index (χ0) is 18.6. The molecular formula is C19H17ClN2O4S. The van der Waals surface area contributed by atoms with Crippen molar-refractivity contribution < 1.29 is 19.1 Å². The van der Waals surface area contributed by atoms with Crippen molar-refractivity contribution in [2.75, 3.05) is 6.79 Å². The molecular weight excluding hydrogens is 388 g/mol. The Morgan fingerprint density at radius 2 is 2.22 bits per heavy atom. The van der Waals surface area contributed by atoms with Gasteiger partial charge < -0.3 is 14.8 Å². The predicted octanol–water partition coefficient (Wildman–Crippen LogP) is 3.55. The van der Waals surface area contributed by atoms with E-state index in [0.717, 1.165) is 24.0 Å². The van der Waals surface area contributed by atoms with Crippen LogP contribution in [0.5, 0.6) is 5.75 Å². The highest BCUT2D eigenvalue weighted by Gasteiger charge is 2.54. The second-order valence-corrected chi connectivity index (χ2v) is 8.44. The number of rotatable bonds is 2. The molecule has 0 bridgehead atoms. The molecule has 6 nitrogen and oxygen atoms in total. The molecule has 1 spiro atoms. The van der Waals surface area contributed by atoms with Crippen LogP contribution in [0.25, 0.3) is 0 Å². The molecule has 27 heavy (non-hydrogen) atoms. The van der Waals surface area contributed by atoms with Crippen LogP contribution in [-0.2, 0) is 34.6 Å². The Balaban J connectivity index is 1.51. The first-order valence-electron chi connectivity index (χ1n) is 8.81. The summed E-state index contributed by atoms with van der Waals surface area (Å²) in [5, 5.41) is 5.48. The molecule has 5 rings (SSSR count). The number of fused-ring (bicyclic) bond motifs is 3. The number of halogens is 1. The summed E-state index contributed by atoms with van der Waals surface area (Å²) in [6.07, 6.45) is 2.45. The highest BCUT2D eigenvalue weighted by Crippen LogP contribution is 2.43. The van der Waals surface area contributed by atoms with E-state index < -0.39 is 5.54 Å². The number of carbonyl (C=O) groups is 2. The molecule has 1 fully saturated rings. The summed E-state index contributed by atoms with van der Waals surface area (Å²) in [7, 11) is 0. The van der Waals surface area contributed by atoms with Crippen molar-refractivity contribution in [1.82, 2.24) is 10.2 Å². The number of hydrogen-bond acceptors (Lipinski definition) is 5. The minimum atomic E-state index is -0.937. The van der Waals surface area contributed by atoms with Gasteiger partial charge in [0.25, 0.3) is 5.91 Å². The van der Waals surface area contributed by atoms with Crippen LogP contribution >= 0.6 is 22.9 Å². The minimum absolute atomic E-state index is 0.120. The van der Waals surface area contributed by atoms with E-state index >= 15 is 0 Å². The first kappa shape index (κ1) is 17.0. The van der Waals surface area contributed by atoms with Gasteiger partial charge in [0.15, 0.2) is 6.79 Å². The average Bonchev–Trinajstić information content (AvgIpc) is 3.22. The van der Waals surface area contributed by atoms with Crippen LogP contribution in [0.4, 0.5) is 4.79 Å². The van der Waals surface area contributed by atoms with Crippen molar-refractivity contribution in [3.8, 4) is 5.75 Å². The predicted molar refractivity (Wildman–Crippen MR) is 99.8 cm³/mol. The monoisotopic (exact) mass is 404 g/mol. The maximum Gasteiger partial charge on any atom is 0.325 e. The number of ether oxygens (including phenoxy) is 2. The molecule has 1 N–H and O–H groups in total. The third-order valence-electron chi connectivity index (χ3n) is 5.42. The van der Waals surface area contributed by atoms with Gasteiger partial charge in [0, 0.05) is 26.6 Å². The fourth-order valence-corrected chi connectivity index (χ4v) is 5.49. The van der Waals surface area contributed by atoms with Gasteiger partial charge in [0.1, 0.15) is 11.3 Å². The van der Waals surface area contributed by atoms with E-state index in [9.17, 15) is 9.59 Å². The molecule has 3 heterocycles. The summed E-state index contributed by atoms with van der Waals surface area (Å²) in [6, 6.07) is 5.11. The van der Waals surface area contributed by atoms with Crippen LogP contribution in [0.3, 0.4) is 0 Å². The van der Waals surface area contributed by atoms with Crippen molar-refractivity contribution in [2.45, 2.75) is 38.0 Å². The molecule has 1 aromatic heterocycles. The molecule has 1 saturated heterocycles. The van der Waals surface area contributed by atoms with Gasteiger partial charge in [-0.2, -0.15) is 0 Å². The normalized spacial score (nSPS) is 23.8. The Bertz CT molecular complexity index is 959. The lowest BCUT2D eigenvalue weighted by Crippen LogP contribution is -2.46. The van der Waals surface area contributed by atoms with E-state index in [1.54, 1.807) is 23.5 Å². The van der Waals surface area contributed by atoms with Gasteiger partial charge >= 0.3 is 6.03 Å². The molecule has 3 amide bonds. The average molecular weight is 405 g/mol. The molecule has 1 atom stereocenters. The first-order valence-corrected chi connectivity index (χ1v) is 10.1. The first-order chi connectivity index (χ1) is 13.1. The van der Waals surface area contributed by atoms with Crippen LogP contribution in [-0.4, -0.2) is 23.6 Å². The standard InChI is InChI=1S/C19H17ClN2O4S/c20-13-6-11(16-12(7-13)9-25-10-26-16)8-22-17(23)19(21-18(22)24)4-1-2-15-14(19)3-5-27-15/h3,5-7H,1-2,4,8-10H2,(H,21,24). The number of urea groups is 1. The maximum absolute atomic E-state index is 13.4. The van der Waals surface area contributed by atoms with Gasteiger partial charge in [-0.25, -0.2) is 4.79 Å². The van der Waals surface area contributed by atoms with E-state index in [2.05, 4.69) is 5.32 Å². The number of thiophene rings is 1. The largest absolute Gasteiger partial charge is 0.467 e. The van der Waals surface area contributed by atoms with Gasteiger partial charge in [0.2, 0.25) is 0 Å². The SMILES string of the molecule is O=C1NC2(CCCc3sccc32)C(=O)N1Cc1cc(Cl)cc2c1OCOC2. The zero-order valence-electron chi connectivity index (χ0n) is 14.4. The third-order valence-corrected chi connectivity index (χ3v) is 6.62. The molecule has 8 heteroatoms. The zero-order valence-corrected chi connectivity index (χ0v) is 16.0. The Morgan fingerprint density at radius 3 is 3.11 bits per heavy atom. The quantitative estimate of drug-likeness (QED) is 0.777. The van der Waals surface area contributed by atoms with Crippen molar-refractivity contribution >= 4 is 34.9 Å². The van der Waals surface area contributed by atoms with Gasteiger partial charge in [0.05, 0.1) is 13.2 Å². The van der Waals surface area contributed by atoms with Crippen molar-refractivity contribution in [1.29, 1.82) is 0 Å². The summed E-state index contributed by atoms with van der Waals surface area (Å²) in [6.45, 7) is 0.657. The molecule has 2 aromatic rings. The van der Waals surface area contributed by atoms with Crippen molar-refractivity contribution in [3.63, 3.8) is 0 Å². The number of aryl methyl sites for hydroxylation is 1. The number of nitrogens with zero attached hydrogens (tertiary/aromatic N) is 1. The van der Waals surface area contributed by atoms with Gasteiger partial charge in [-0.15, -0.1) is 11.3 Å². The summed E-state index contributed by atoms with van der Waals surface area (Å²) < 4.78 is 10.9. The van der Waals surface area contributed by atoms with E-state index in [-0.39, 0.29) is 25.3 Å². The second-order valence-electron chi connectivity index (χ2n) is 7.00. The number of hydrogen-bond donors (Lipinski definition) is 1. The molecule has 1 unspecified atom stereocenters. The third kappa shape index (κ3) is 2.56. The molecule has 140 valence electrons. The van der Waals surface area contributed by atoms with E-state index in [1.807, 2.05) is 11.4 Å². The Labute approximate surface area is 165 Å². The number of amides is 3. The van der Waals surface area contributed by atoms with Crippen LogP contribution in [0.15, 0.2) is 23.6 Å². The lowest BCUT2D eigenvalue weighted by atomic mass is 9.80. The fraction of sp³-hybridized carbons (Fsp3) is 0.368. The Hall–Kier alpha value is -2.09. The van der Waals surface area contributed by atoms with Crippen LogP contribution < -0.4 is 10.1 Å². The van der Waals surface area contributed by atoms with Crippen molar-refractivity contribution in [2.24, 2.45) is 0 Å². The topological polar surface area (TPSA) is 67.9 Å². The van der Waals surface area contributed by atoms with Gasteiger partial charge in [-0.05, 0) is 42.8 Å². The molecule has 0 radical (unpaired) electrons. The van der Waals surface area contributed by atoms with Crippen LogP contribution in [0, 0.1) is 0 Å². The Kier molecular flexibility index (Phi) is 3.93. The van der Waals surface area contributed by atoms with Crippen molar-refractivity contribution in [3.05, 3.63) is 50.2 Å². The summed E-state index contributed by atoms with van der Waals surface area (Å²) in [5.74, 6) is 0.444. The lowest BCUT2D eigenvalue weighted by molar-refractivity contribution is -0.132. The number of nitrogens with one attached hydrogen (secondary N) is 1. The summed E-state index contributed by atoms with van der Waals surface area (Å²) in [5.41, 5.74) is 1.54. The fourth-order valence-electron chi connectivity index (χ4n) is 4.23.